The third-order valence-electron chi connectivity index (χ3n) is 5.27. The van der Waals surface area contributed by atoms with E-state index in [0.717, 1.165) is 12.2 Å². The lowest BCUT2D eigenvalue weighted by Crippen LogP contribution is -2.12. The third kappa shape index (κ3) is 5.63. The SMILES string of the molecule is Cc1ncc(-c2cncc(C(=O)Nc3ccc(OCCc4ccccc4)cc3)c2)cc1C(=O)O. The molecule has 0 atom stereocenters. The van der Waals surface area contributed by atoms with Crippen LogP contribution in [0.1, 0.15) is 32.0 Å². The molecule has 170 valence electrons. The van der Waals surface area contributed by atoms with E-state index >= 15 is 0 Å². The van der Waals surface area contributed by atoms with E-state index in [1.54, 1.807) is 49.6 Å². The van der Waals surface area contributed by atoms with Crippen LogP contribution < -0.4 is 10.1 Å². The van der Waals surface area contributed by atoms with Crippen LogP contribution in [-0.2, 0) is 6.42 Å². The van der Waals surface area contributed by atoms with Gasteiger partial charge in [-0.05, 0) is 48.9 Å². The molecule has 0 spiro atoms. The maximum atomic E-state index is 12.7. The summed E-state index contributed by atoms with van der Waals surface area (Å²) in [5.74, 6) is -0.662. The van der Waals surface area contributed by atoms with E-state index in [2.05, 4.69) is 27.4 Å². The molecule has 2 aromatic heterocycles. The molecule has 0 radical (unpaired) electrons. The van der Waals surface area contributed by atoms with E-state index in [0.29, 0.717) is 34.7 Å². The highest BCUT2D eigenvalue weighted by molar-refractivity contribution is 6.04. The number of carboxylic acid groups (broad SMARTS) is 1. The van der Waals surface area contributed by atoms with Gasteiger partial charge in [-0.1, -0.05) is 30.3 Å². The summed E-state index contributed by atoms with van der Waals surface area (Å²) in [6.45, 7) is 2.20. The second-order valence-corrected chi connectivity index (χ2v) is 7.69. The summed E-state index contributed by atoms with van der Waals surface area (Å²) in [6, 6.07) is 20.5. The molecule has 7 nitrogen and oxygen atoms in total. The number of benzene rings is 2. The molecular formula is C27H23N3O4. The van der Waals surface area contributed by atoms with Gasteiger partial charge in [0.25, 0.3) is 5.91 Å². The number of aryl methyl sites for hydroxylation is 1. The lowest BCUT2D eigenvalue weighted by Gasteiger charge is -2.10. The third-order valence-corrected chi connectivity index (χ3v) is 5.27. The number of aromatic nitrogens is 2. The number of pyridine rings is 2. The van der Waals surface area contributed by atoms with Crippen LogP contribution in [0.15, 0.2) is 85.3 Å². The van der Waals surface area contributed by atoms with E-state index in [9.17, 15) is 14.7 Å². The number of amides is 1. The highest BCUT2D eigenvalue weighted by Gasteiger charge is 2.13. The average Bonchev–Trinajstić information content (AvgIpc) is 2.86. The average molecular weight is 453 g/mol. The molecule has 2 N–H and O–H groups in total. The van der Waals surface area contributed by atoms with Crippen LogP contribution in [0, 0.1) is 6.92 Å². The predicted octanol–water partition coefficient (Wildman–Crippen LogP) is 5.02. The van der Waals surface area contributed by atoms with Crippen molar-refractivity contribution in [2.24, 2.45) is 0 Å². The number of aromatic carboxylic acids is 1. The minimum atomic E-state index is -1.05. The van der Waals surface area contributed by atoms with Gasteiger partial charge in [0.1, 0.15) is 5.75 Å². The van der Waals surface area contributed by atoms with Gasteiger partial charge in [0, 0.05) is 41.8 Å². The second kappa shape index (κ2) is 10.4. The first-order valence-electron chi connectivity index (χ1n) is 10.7. The molecule has 0 aliphatic heterocycles. The lowest BCUT2D eigenvalue weighted by atomic mass is 10.0. The monoisotopic (exact) mass is 453 g/mol. The Morgan fingerprint density at radius 1 is 0.941 bits per heavy atom. The Bertz CT molecular complexity index is 1310. The summed E-state index contributed by atoms with van der Waals surface area (Å²) < 4.78 is 5.78. The number of hydrogen-bond donors (Lipinski definition) is 2. The molecule has 0 aliphatic rings. The van der Waals surface area contributed by atoms with Crippen molar-refractivity contribution in [1.82, 2.24) is 9.97 Å². The Morgan fingerprint density at radius 3 is 2.41 bits per heavy atom. The van der Waals surface area contributed by atoms with Crippen LogP contribution in [0.5, 0.6) is 5.75 Å². The minimum absolute atomic E-state index is 0.110. The number of nitrogens with one attached hydrogen (secondary N) is 1. The van der Waals surface area contributed by atoms with Crippen molar-refractivity contribution in [2.45, 2.75) is 13.3 Å². The summed E-state index contributed by atoms with van der Waals surface area (Å²) >= 11 is 0. The molecule has 0 aliphatic carbocycles. The molecule has 0 fully saturated rings. The highest BCUT2D eigenvalue weighted by atomic mass is 16.5. The van der Waals surface area contributed by atoms with Crippen LogP contribution in [0.25, 0.3) is 11.1 Å². The molecule has 34 heavy (non-hydrogen) atoms. The number of ether oxygens (including phenoxy) is 1. The van der Waals surface area contributed by atoms with Gasteiger partial charge < -0.3 is 15.2 Å². The van der Waals surface area contributed by atoms with Gasteiger partial charge in [0.2, 0.25) is 0 Å². The Morgan fingerprint density at radius 2 is 1.68 bits per heavy atom. The van der Waals surface area contributed by atoms with E-state index in [1.165, 1.54) is 17.8 Å². The molecule has 2 aromatic carbocycles. The minimum Gasteiger partial charge on any atom is -0.493 e. The fourth-order valence-corrected chi connectivity index (χ4v) is 3.40. The van der Waals surface area contributed by atoms with Gasteiger partial charge in [-0.3, -0.25) is 14.8 Å². The molecule has 4 rings (SSSR count). The molecular weight excluding hydrogens is 430 g/mol. The molecule has 2 heterocycles. The van der Waals surface area contributed by atoms with E-state index < -0.39 is 5.97 Å². The summed E-state index contributed by atoms with van der Waals surface area (Å²) in [6.07, 6.45) is 5.40. The smallest absolute Gasteiger partial charge is 0.337 e. The molecule has 0 bridgehead atoms. The summed E-state index contributed by atoms with van der Waals surface area (Å²) in [5.41, 5.74) is 3.88. The molecule has 7 heteroatoms. The van der Waals surface area contributed by atoms with Crippen molar-refractivity contribution in [3.63, 3.8) is 0 Å². The van der Waals surface area contributed by atoms with Gasteiger partial charge in [0.15, 0.2) is 0 Å². The maximum Gasteiger partial charge on any atom is 0.337 e. The Labute approximate surface area is 197 Å². The van der Waals surface area contributed by atoms with Crippen molar-refractivity contribution < 1.29 is 19.4 Å². The second-order valence-electron chi connectivity index (χ2n) is 7.69. The van der Waals surface area contributed by atoms with Gasteiger partial charge in [0.05, 0.1) is 23.4 Å². The number of carbonyl (C=O) groups excluding carboxylic acids is 1. The van der Waals surface area contributed by atoms with Crippen LogP contribution in [0.2, 0.25) is 0 Å². The Kier molecular flexibility index (Phi) is 6.93. The van der Waals surface area contributed by atoms with Gasteiger partial charge >= 0.3 is 5.97 Å². The van der Waals surface area contributed by atoms with Crippen molar-refractivity contribution in [2.75, 3.05) is 11.9 Å². The first-order chi connectivity index (χ1) is 16.5. The number of nitrogens with zero attached hydrogens (tertiary/aromatic N) is 2. The van der Waals surface area contributed by atoms with Crippen LogP contribution in [0.4, 0.5) is 5.69 Å². The topological polar surface area (TPSA) is 101 Å². The fourth-order valence-electron chi connectivity index (χ4n) is 3.40. The number of carboxylic acids is 1. The standard InChI is InChI=1S/C27H23N3O4/c1-18-25(27(32)33)14-21(17-29-18)20-13-22(16-28-15-20)26(31)30-23-7-9-24(10-8-23)34-12-11-19-5-3-2-4-6-19/h2-10,13-17H,11-12H2,1H3,(H,30,31)(H,32,33). The summed E-state index contributed by atoms with van der Waals surface area (Å²) in [7, 11) is 0. The molecule has 4 aromatic rings. The van der Waals surface area contributed by atoms with E-state index in [1.807, 2.05) is 18.2 Å². The van der Waals surface area contributed by atoms with Crippen LogP contribution in [-0.4, -0.2) is 33.6 Å². The van der Waals surface area contributed by atoms with Crippen LogP contribution >= 0.6 is 0 Å². The fraction of sp³-hybridized carbons (Fsp3) is 0.111. The first kappa shape index (κ1) is 22.7. The highest BCUT2D eigenvalue weighted by Crippen LogP contribution is 2.22. The molecule has 0 saturated carbocycles. The van der Waals surface area contributed by atoms with E-state index in [-0.39, 0.29) is 11.5 Å². The van der Waals surface area contributed by atoms with Crippen molar-refractivity contribution >= 4 is 17.6 Å². The van der Waals surface area contributed by atoms with Gasteiger partial charge in [-0.15, -0.1) is 0 Å². The Balaban J connectivity index is 1.39. The van der Waals surface area contributed by atoms with Gasteiger partial charge in [-0.2, -0.15) is 0 Å². The van der Waals surface area contributed by atoms with Crippen LogP contribution in [0.3, 0.4) is 0 Å². The predicted molar refractivity (Wildman–Crippen MR) is 129 cm³/mol. The largest absolute Gasteiger partial charge is 0.493 e. The quantitative estimate of drug-likeness (QED) is 0.388. The normalized spacial score (nSPS) is 10.5. The van der Waals surface area contributed by atoms with E-state index in [4.69, 9.17) is 4.74 Å². The summed E-state index contributed by atoms with van der Waals surface area (Å²) in [5, 5.41) is 12.2. The zero-order valence-electron chi connectivity index (χ0n) is 18.6. The zero-order chi connectivity index (χ0) is 23.9. The number of carbonyl (C=O) groups is 2. The van der Waals surface area contributed by atoms with Crippen molar-refractivity contribution in [3.05, 3.63) is 108 Å². The Hall–Kier alpha value is -4.52. The number of hydrogen-bond acceptors (Lipinski definition) is 5. The van der Waals surface area contributed by atoms with Gasteiger partial charge in [-0.25, -0.2) is 4.79 Å². The molecule has 1 amide bonds. The maximum absolute atomic E-state index is 12.7. The molecule has 0 unspecified atom stereocenters. The van der Waals surface area contributed by atoms with Crippen molar-refractivity contribution in [3.8, 4) is 16.9 Å². The first-order valence-corrected chi connectivity index (χ1v) is 10.7. The zero-order valence-corrected chi connectivity index (χ0v) is 18.6. The summed E-state index contributed by atoms with van der Waals surface area (Å²) in [4.78, 5) is 32.4. The number of anilines is 1. The molecule has 0 saturated heterocycles. The number of rotatable bonds is 8. The lowest BCUT2D eigenvalue weighted by molar-refractivity contribution is 0.0695. The van der Waals surface area contributed by atoms with Crippen molar-refractivity contribution in [1.29, 1.82) is 0 Å².